The minimum absolute atomic E-state index is 0.0741. The van der Waals surface area contributed by atoms with Gasteiger partial charge in [0.1, 0.15) is 0 Å². The SMILES string of the molecule is O=C([O-])C1=CC=CC=CN1. The number of carbonyl (C=O) groups excluding carboxylic acids is 1. The molecule has 0 radical (unpaired) electrons. The van der Waals surface area contributed by atoms with E-state index < -0.39 is 5.97 Å². The molecule has 0 atom stereocenters. The van der Waals surface area contributed by atoms with Gasteiger partial charge in [-0.05, 0) is 12.2 Å². The Balaban J connectivity index is 2.78. The summed E-state index contributed by atoms with van der Waals surface area (Å²) in [5.74, 6) is -1.20. The van der Waals surface area contributed by atoms with Gasteiger partial charge in [0.15, 0.2) is 0 Å². The van der Waals surface area contributed by atoms with E-state index in [0.29, 0.717) is 0 Å². The zero-order valence-electron chi connectivity index (χ0n) is 5.20. The molecule has 0 saturated heterocycles. The Kier molecular flexibility index (Phi) is 1.89. The lowest BCUT2D eigenvalue weighted by Crippen LogP contribution is -2.29. The van der Waals surface area contributed by atoms with Crippen LogP contribution < -0.4 is 10.4 Å². The van der Waals surface area contributed by atoms with Crippen LogP contribution in [-0.4, -0.2) is 5.97 Å². The molecule has 0 bridgehead atoms. The summed E-state index contributed by atoms with van der Waals surface area (Å²) >= 11 is 0. The van der Waals surface area contributed by atoms with E-state index in [4.69, 9.17) is 0 Å². The number of carboxylic acids is 1. The van der Waals surface area contributed by atoms with Crippen LogP contribution in [0.3, 0.4) is 0 Å². The van der Waals surface area contributed by atoms with Crippen molar-refractivity contribution in [2.75, 3.05) is 0 Å². The molecular weight excluding hydrogens is 130 g/mol. The molecule has 3 nitrogen and oxygen atoms in total. The fraction of sp³-hybridized carbons (Fsp3) is 0. The van der Waals surface area contributed by atoms with E-state index >= 15 is 0 Å². The summed E-state index contributed by atoms with van der Waals surface area (Å²) in [6.45, 7) is 0. The zero-order chi connectivity index (χ0) is 7.40. The Labute approximate surface area is 58.4 Å². The zero-order valence-corrected chi connectivity index (χ0v) is 5.20. The molecule has 1 aliphatic heterocycles. The van der Waals surface area contributed by atoms with Gasteiger partial charge in [0.2, 0.25) is 0 Å². The number of rotatable bonds is 1. The summed E-state index contributed by atoms with van der Waals surface area (Å²) in [5, 5.41) is 12.7. The van der Waals surface area contributed by atoms with Crippen LogP contribution in [0, 0.1) is 0 Å². The second-order valence-electron chi connectivity index (χ2n) is 1.76. The molecule has 10 heavy (non-hydrogen) atoms. The maximum absolute atomic E-state index is 10.2. The molecule has 0 unspecified atom stereocenters. The third-order valence-electron chi connectivity index (χ3n) is 1.04. The van der Waals surface area contributed by atoms with Crippen molar-refractivity contribution in [2.45, 2.75) is 0 Å². The van der Waals surface area contributed by atoms with E-state index in [2.05, 4.69) is 5.32 Å². The van der Waals surface area contributed by atoms with E-state index in [1.54, 1.807) is 18.2 Å². The fourth-order valence-corrected chi connectivity index (χ4v) is 0.584. The third-order valence-corrected chi connectivity index (χ3v) is 1.04. The number of carbonyl (C=O) groups is 1. The summed E-state index contributed by atoms with van der Waals surface area (Å²) < 4.78 is 0. The Morgan fingerprint density at radius 1 is 1.40 bits per heavy atom. The van der Waals surface area contributed by atoms with Gasteiger partial charge in [-0.25, -0.2) is 0 Å². The molecule has 0 saturated carbocycles. The van der Waals surface area contributed by atoms with Crippen molar-refractivity contribution in [3.63, 3.8) is 0 Å². The van der Waals surface area contributed by atoms with Gasteiger partial charge in [-0.2, -0.15) is 0 Å². The van der Waals surface area contributed by atoms with E-state index in [-0.39, 0.29) is 5.70 Å². The average molecular weight is 136 g/mol. The Morgan fingerprint density at radius 2 is 2.20 bits per heavy atom. The van der Waals surface area contributed by atoms with E-state index in [9.17, 15) is 9.90 Å². The molecule has 0 spiro atoms. The average Bonchev–Trinajstić information content (AvgIpc) is 2.12. The molecule has 3 heteroatoms. The molecule has 1 N–H and O–H groups in total. The van der Waals surface area contributed by atoms with Gasteiger partial charge in [0.05, 0.1) is 11.7 Å². The highest BCUT2D eigenvalue weighted by Gasteiger charge is 1.92. The van der Waals surface area contributed by atoms with Crippen LogP contribution in [0.25, 0.3) is 0 Å². The number of allylic oxidation sites excluding steroid dienone is 4. The molecule has 0 fully saturated rings. The van der Waals surface area contributed by atoms with Crippen LogP contribution in [0.4, 0.5) is 0 Å². The van der Waals surface area contributed by atoms with Crippen LogP contribution in [0.5, 0.6) is 0 Å². The lowest BCUT2D eigenvalue weighted by atomic mass is 10.4. The van der Waals surface area contributed by atoms with Gasteiger partial charge >= 0.3 is 0 Å². The van der Waals surface area contributed by atoms with Gasteiger partial charge in [-0.1, -0.05) is 12.2 Å². The number of carboxylic acid groups (broad SMARTS) is 1. The summed E-state index contributed by atoms with van der Waals surface area (Å²) in [6.07, 6.45) is 8.03. The molecule has 0 amide bonds. The maximum atomic E-state index is 10.2. The minimum atomic E-state index is -1.20. The number of hydrogen-bond donors (Lipinski definition) is 1. The van der Waals surface area contributed by atoms with Gasteiger partial charge < -0.3 is 15.2 Å². The normalized spacial score (nSPS) is 15.4. The van der Waals surface area contributed by atoms with Crippen LogP contribution in [0.1, 0.15) is 0 Å². The predicted molar refractivity (Wildman–Crippen MR) is 34.5 cm³/mol. The highest BCUT2D eigenvalue weighted by Crippen LogP contribution is 1.92. The van der Waals surface area contributed by atoms with Crippen molar-refractivity contribution >= 4 is 5.97 Å². The van der Waals surface area contributed by atoms with Gasteiger partial charge in [0, 0.05) is 6.20 Å². The van der Waals surface area contributed by atoms with Crippen molar-refractivity contribution in [3.8, 4) is 0 Å². The van der Waals surface area contributed by atoms with E-state index in [1.807, 2.05) is 0 Å². The summed E-state index contributed by atoms with van der Waals surface area (Å²) in [6, 6.07) is 0. The number of aliphatic carboxylic acids is 1. The molecule has 0 aromatic carbocycles. The van der Waals surface area contributed by atoms with E-state index in [0.717, 1.165) is 0 Å². The highest BCUT2D eigenvalue weighted by atomic mass is 16.4. The second-order valence-corrected chi connectivity index (χ2v) is 1.76. The first kappa shape index (κ1) is 6.61. The first-order valence-corrected chi connectivity index (χ1v) is 2.82. The highest BCUT2D eigenvalue weighted by molar-refractivity contribution is 5.84. The Hall–Kier alpha value is -1.51. The molecular formula is C7H6NO2-. The summed E-state index contributed by atoms with van der Waals surface area (Å²) in [7, 11) is 0. The number of nitrogens with one attached hydrogen (secondary N) is 1. The van der Waals surface area contributed by atoms with Crippen molar-refractivity contribution in [1.29, 1.82) is 0 Å². The lowest BCUT2D eigenvalue weighted by molar-refractivity contribution is -0.299. The minimum Gasteiger partial charge on any atom is -0.543 e. The first-order valence-electron chi connectivity index (χ1n) is 2.82. The number of hydrogen-bond acceptors (Lipinski definition) is 3. The van der Waals surface area contributed by atoms with Crippen molar-refractivity contribution in [2.24, 2.45) is 0 Å². The molecule has 1 aliphatic rings. The van der Waals surface area contributed by atoms with Crippen molar-refractivity contribution < 1.29 is 9.90 Å². The standard InChI is InChI=1S/C7H7NO2/c9-7(10)6-4-2-1-3-5-8-6/h1-5,8H,(H,9,10)/p-1. The lowest BCUT2D eigenvalue weighted by Gasteiger charge is -2.04. The topological polar surface area (TPSA) is 52.2 Å². The summed E-state index contributed by atoms with van der Waals surface area (Å²) in [4.78, 5) is 10.2. The van der Waals surface area contributed by atoms with Crippen molar-refractivity contribution in [1.82, 2.24) is 5.32 Å². The largest absolute Gasteiger partial charge is 0.543 e. The Bertz CT molecular complexity index is 226. The fourth-order valence-electron chi connectivity index (χ4n) is 0.584. The molecule has 1 rings (SSSR count). The molecule has 52 valence electrons. The molecule has 0 aliphatic carbocycles. The predicted octanol–water partition coefficient (Wildman–Crippen LogP) is -0.707. The van der Waals surface area contributed by atoms with Crippen LogP contribution in [0.15, 0.2) is 36.2 Å². The van der Waals surface area contributed by atoms with Crippen LogP contribution in [-0.2, 0) is 4.79 Å². The quantitative estimate of drug-likeness (QED) is 0.518. The maximum Gasteiger partial charge on any atom is 0.0878 e. The van der Waals surface area contributed by atoms with Gasteiger partial charge in [0.25, 0.3) is 0 Å². The van der Waals surface area contributed by atoms with Crippen LogP contribution in [0.2, 0.25) is 0 Å². The Morgan fingerprint density at radius 3 is 2.90 bits per heavy atom. The van der Waals surface area contributed by atoms with Gasteiger partial charge in [-0.3, -0.25) is 0 Å². The third kappa shape index (κ3) is 1.48. The van der Waals surface area contributed by atoms with Crippen LogP contribution >= 0.6 is 0 Å². The molecule has 1 heterocycles. The second kappa shape index (κ2) is 2.87. The van der Waals surface area contributed by atoms with Gasteiger partial charge in [-0.15, -0.1) is 0 Å². The molecule has 0 aromatic rings. The smallest absolute Gasteiger partial charge is 0.0878 e. The summed E-state index contributed by atoms with van der Waals surface area (Å²) in [5.41, 5.74) is 0.0741. The first-order chi connectivity index (χ1) is 4.80. The molecule has 0 aromatic heterocycles. The van der Waals surface area contributed by atoms with E-state index in [1.165, 1.54) is 12.3 Å². The monoisotopic (exact) mass is 136 g/mol. The van der Waals surface area contributed by atoms with Crippen molar-refractivity contribution in [3.05, 3.63) is 36.2 Å².